The summed E-state index contributed by atoms with van der Waals surface area (Å²) in [5, 5.41) is 0. The van der Waals surface area contributed by atoms with Gasteiger partial charge in [-0.1, -0.05) is 6.07 Å². The van der Waals surface area contributed by atoms with Gasteiger partial charge in [-0.3, -0.25) is 4.79 Å². The second-order valence-corrected chi connectivity index (χ2v) is 7.22. The fourth-order valence-electron chi connectivity index (χ4n) is 3.61. The quantitative estimate of drug-likeness (QED) is 0.865. The molecule has 130 valence electrons. The molecule has 1 saturated heterocycles. The van der Waals surface area contributed by atoms with Gasteiger partial charge >= 0.3 is 0 Å². The molecule has 25 heavy (non-hydrogen) atoms. The zero-order valence-corrected chi connectivity index (χ0v) is 15.2. The van der Waals surface area contributed by atoms with Gasteiger partial charge in [0.2, 0.25) is 5.95 Å². The molecule has 1 amide bonds. The molecule has 0 saturated carbocycles. The number of amides is 1. The van der Waals surface area contributed by atoms with E-state index in [2.05, 4.69) is 11.0 Å². The Kier molecular flexibility index (Phi) is 3.94. The Morgan fingerprint density at radius 1 is 1.12 bits per heavy atom. The van der Waals surface area contributed by atoms with Crippen molar-refractivity contribution in [2.24, 2.45) is 0 Å². The maximum absolute atomic E-state index is 12.3. The smallest absolute Gasteiger partial charge is 0.253 e. The predicted molar refractivity (Wildman–Crippen MR) is 99.1 cm³/mol. The molecule has 1 fully saturated rings. The molecule has 0 radical (unpaired) electrons. The van der Waals surface area contributed by atoms with Crippen LogP contribution in [0.25, 0.3) is 11.3 Å². The van der Waals surface area contributed by atoms with Gasteiger partial charge in [-0.25, -0.2) is 9.97 Å². The molecule has 1 aromatic carbocycles. The molecule has 4 rings (SSSR count). The summed E-state index contributed by atoms with van der Waals surface area (Å²) < 4.78 is 0. The largest absolute Gasteiger partial charge is 0.345 e. The van der Waals surface area contributed by atoms with E-state index in [0.717, 1.165) is 60.7 Å². The van der Waals surface area contributed by atoms with Crippen LogP contribution < -0.4 is 4.90 Å². The third-order valence-electron chi connectivity index (χ3n) is 5.20. The van der Waals surface area contributed by atoms with E-state index < -0.39 is 0 Å². The van der Waals surface area contributed by atoms with Gasteiger partial charge in [-0.2, -0.15) is 0 Å². The first-order valence-corrected chi connectivity index (χ1v) is 9.02. The van der Waals surface area contributed by atoms with E-state index in [1.54, 1.807) is 19.0 Å². The van der Waals surface area contributed by atoms with E-state index in [1.165, 1.54) is 17.7 Å². The Hall–Kier alpha value is -2.43. The van der Waals surface area contributed by atoms with E-state index in [-0.39, 0.29) is 5.91 Å². The summed E-state index contributed by atoms with van der Waals surface area (Å²) in [7, 11) is 3.57. The lowest BCUT2D eigenvalue weighted by Crippen LogP contribution is -2.38. The highest BCUT2D eigenvalue weighted by Crippen LogP contribution is 2.33. The van der Waals surface area contributed by atoms with Crippen LogP contribution in [0.5, 0.6) is 0 Å². The SMILES string of the molecule is Cc1cc(-c2nc(N3CCC3)nc3c2CCC3)ccc1C(=O)N(C)C. The topological polar surface area (TPSA) is 49.3 Å². The summed E-state index contributed by atoms with van der Waals surface area (Å²) in [6.45, 7) is 4.10. The van der Waals surface area contributed by atoms with Gasteiger partial charge < -0.3 is 9.80 Å². The number of fused-ring (bicyclic) bond motifs is 1. The molecule has 5 heteroatoms. The molecule has 0 spiro atoms. The van der Waals surface area contributed by atoms with Crippen molar-refractivity contribution in [3.8, 4) is 11.3 Å². The highest BCUT2D eigenvalue weighted by molar-refractivity contribution is 5.96. The molecule has 1 aliphatic carbocycles. The molecule has 5 nitrogen and oxygen atoms in total. The van der Waals surface area contributed by atoms with Crippen molar-refractivity contribution in [1.82, 2.24) is 14.9 Å². The molecule has 1 aliphatic heterocycles. The number of aryl methyl sites for hydroxylation is 2. The van der Waals surface area contributed by atoms with Crippen molar-refractivity contribution in [2.45, 2.75) is 32.6 Å². The van der Waals surface area contributed by atoms with Crippen LogP contribution in [-0.2, 0) is 12.8 Å². The number of aromatic nitrogens is 2. The van der Waals surface area contributed by atoms with Gasteiger partial charge in [0.15, 0.2) is 0 Å². The summed E-state index contributed by atoms with van der Waals surface area (Å²) in [5.41, 5.74) is 6.38. The van der Waals surface area contributed by atoms with Crippen molar-refractivity contribution in [3.05, 3.63) is 40.6 Å². The Morgan fingerprint density at radius 2 is 1.92 bits per heavy atom. The number of hydrogen-bond acceptors (Lipinski definition) is 4. The summed E-state index contributed by atoms with van der Waals surface area (Å²) in [6, 6.07) is 6.06. The van der Waals surface area contributed by atoms with Crippen LogP contribution in [-0.4, -0.2) is 48.0 Å². The van der Waals surface area contributed by atoms with Crippen LogP contribution in [0.15, 0.2) is 18.2 Å². The predicted octanol–water partition coefficient (Wildman–Crippen LogP) is 2.85. The van der Waals surface area contributed by atoms with Gasteiger partial charge in [0.1, 0.15) is 0 Å². The van der Waals surface area contributed by atoms with Gasteiger partial charge in [0, 0.05) is 49.6 Å². The molecule has 0 unspecified atom stereocenters. The fourth-order valence-corrected chi connectivity index (χ4v) is 3.61. The van der Waals surface area contributed by atoms with E-state index in [9.17, 15) is 4.79 Å². The summed E-state index contributed by atoms with van der Waals surface area (Å²) in [6.07, 6.45) is 4.46. The maximum Gasteiger partial charge on any atom is 0.253 e. The minimum Gasteiger partial charge on any atom is -0.345 e. The third-order valence-corrected chi connectivity index (χ3v) is 5.20. The Labute approximate surface area is 148 Å². The summed E-state index contributed by atoms with van der Waals surface area (Å²) in [4.78, 5) is 25.9. The van der Waals surface area contributed by atoms with Crippen LogP contribution in [0.2, 0.25) is 0 Å². The number of benzene rings is 1. The maximum atomic E-state index is 12.3. The van der Waals surface area contributed by atoms with Crippen molar-refractivity contribution in [1.29, 1.82) is 0 Å². The minimum absolute atomic E-state index is 0.0400. The second-order valence-electron chi connectivity index (χ2n) is 7.22. The fraction of sp³-hybridized carbons (Fsp3) is 0.450. The van der Waals surface area contributed by atoms with Gasteiger partial charge in [-0.05, 0) is 50.3 Å². The Bertz CT molecular complexity index is 840. The van der Waals surface area contributed by atoms with Gasteiger partial charge in [0.25, 0.3) is 5.91 Å². The first-order valence-electron chi connectivity index (χ1n) is 9.02. The lowest BCUT2D eigenvalue weighted by atomic mass is 9.99. The first-order chi connectivity index (χ1) is 12.0. The zero-order chi connectivity index (χ0) is 17.6. The number of carbonyl (C=O) groups is 1. The second kappa shape index (κ2) is 6.14. The van der Waals surface area contributed by atoms with Crippen LogP contribution in [0.3, 0.4) is 0 Å². The average Bonchev–Trinajstić information content (AvgIpc) is 3.00. The number of rotatable bonds is 3. The van der Waals surface area contributed by atoms with Crippen LogP contribution in [0.4, 0.5) is 5.95 Å². The zero-order valence-electron chi connectivity index (χ0n) is 15.2. The van der Waals surface area contributed by atoms with Crippen molar-refractivity contribution < 1.29 is 4.79 Å². The molecule has 2 aromatic rings. The average molecular weight is 336 g/mol. The van der Waals surface area contributed by atoms with Crippen LogP contribution in [0, 0.1) is 6.92 Å². The monoisotopic (exact) mass is 336 g/mol. The van der Waals surface area contributed by atoms with Crippen LogP contribution in [0.1, 0.15) is 40.0 Å². The van der Waals surface area contributed by atoms with Crippen molar-refractivity contribution in [3.63, 3.8) is 0 Å². The van der Waals surface area contributed by atoms with Crippen LogP contribution >= 0.6 is 0 Å². The lowest BCUT2D eigenvalue weighted by molar-refractivity contribution is 0.0827. The van der Waals surface area contributed by atoms with E-state index in [0.29, 0.717) is 0 Å². The third kappa shape index (κ3) is 2.77. The molecule has 2 heterocycles. The minimum atomic E-state index is 0.0400. The Morgan fingerprint density at radius 3 is 2.56 bits per heavy atom. The van der Waals surface area contributed by atoms with Crippen molar-refractivity contribution >= 4 is 11.9 Å². The van der Waals surface area contributed by atoms with Gasteiger partial charge in [-0.15, -0.1) is 0 Å². The molecule has 0 bridgehead atoms. The van der Waals surface area contributed by atoms with E-state index in [1.807, 2.05) is 19.1 Å². The first kappa shape index (κ1) is 16.1. The molecule has 2 aliphatic rings. The molecule has 0 N–H and O–H groups in total. The summed E-state index contributed by atoms with van der Waals surface area (Å²) >= 11 is 0. The summed E-state index contributed by atoms with van der Waals surface area (Å²) in [5.74, 6) is 0.909. The highest BCUT2D eigenvalue weighted by Gasteiger charge is 2.25. The molecular formula is C20H24N4O. The molecule has 0 atom stereocenters. The number of anilines is 1. The number of hydrogen-bond donors (Lipinski definition) is 0. The Balaban J connectivity index is 1.78. The van der Waals surface area contributed by atoms with Gasteiger partial charge in [0.05, 0.1) is 5.69 Å². The lowest BCUT2D eigenvalue weighted by Gasteiger charge is -2.31. The standard InChI is InChI=1S/C20H24N4O/c1-13-12-14(8-9-15(13)19(25)23(2)3)18-16-6-4-7-17(16)21-20(22-18)24-10-5-11-24/h8-9,12H,4-7,10-11H2,1-3H3. The molecule has 1 aromatic heterocycles. The number of nitrogens with zero attached hydrogens (tertiary/aromatic N) is 4. The van der Waals surface area contributed by atoms with E-state index in [4.69, 9.17) is 9.97 Å². The normalized spacial score (nSPS) is 15.7. The van der Waals surface area contributed by atoms with Crippen molar-refractivity contribution in [2.75, 3.05) is 32.1 Å². The van der Waals surface area contributed by atoms with E-state index >= 15 is 0 Å². The highest BCUT2D eigenvalue weighted by atomic mass is 16.2. The number of carbonyl (C=O) groups excluding carboxylic acids is 1. The molecular weight excluding hydrogens is 312 g/mol.